The van der Waals surface area contributed by atoms with E-state index in [1.165, 1.54) is 51.4 Å². The van der Waals surface area contributed by atoms with Crippen molar-refractivity contribution in [3.63, 3.8) is 0 Å². The number of allylic oxidation sites excluding steroid dienone is 2. The second-order valence-electron chi connectivity index (χ2n) is 9.84. The van der Waals surface area contributed by atoms with Gasteiger partial charge in [0.1, 0.15) is 0 Å². The van der Waals surface area contributed by atoms with Crippen molar-refractivity contribution in [2.75, 3.05) is 6.61 Å². The van der Waals surface area contributed by atoms with E-state index < -0.39 is 0 Å². The number of ether oxygens (including phenoxy) is 2. The second-order valence-corrected chi connectivity index (χ2v) is 9.84. The average molecular weight is 331 g/mol. The Morgan fingerprint density at radius 2 is 1.79 bits per heavy atom. The van der Waals surface area contributed by atoms with Crippen LogP contribution in [0, 0.1) is 40.9 Å². The van der Waals surface area contributed by atoms with Crippen molar-refractivity contribution >= 4 is 0 Å². The number of hydrogen-bond donors (Lipinski definition) is 0. The summed E-state index contributed by atoms with van der Waals surface area (Å²) in [4.78, 5) is 0. The minimum absolute atomic E-state index is 0.0280. The molecule has 8 unspecified atom stereocenters. The molecule has 0 aromatic heterocycles. The van der Waals surface area contributed by atoms with E-state index in [2.05, 4.69) is 26.0 Å². The maximum Gasteiger partial charge on any atom is 0.155 e. The smallest absolute Gasteiger partial charge is 0.155 e. The summed E-state index contributed by atoms with van der Waals surface area (Å²) in [7, 11) is 0. The van der Waals surface area contributed by atoms with E-state index in [-0.39, 0.29) is 6.29 Å². The lowest BCUT2D eigenvalue weighted by Crippen LogP contribution is -2.41. The maximum absolute atomic E-state index is 6.27. The first-order valence-electron chi connectivity index (χ1n) is 10.6. The number of rotatable bonds is 5. The fourth-order valence-corrected chi connectivity index (χ4v) is 7.47. The first-order chi connectivity index (χ1) is 11.6. The molecule has 2 nitrogen and oxygen atoms in total. The predicted molar refractivity (Wildman–Crippen MR) is 95.4 cm³/mol. The van der Waals surface area contributed by atoms with Crippen LogP contribution in [0.2, 0.25) is 0 Å². The van der Waals surface area contributed by atoms with Crippen LogP contribution in [-0.4, -0.2) is 19.0 Å². The summed E-state index contributed by atoms with van der Waals surface area (Å²) in [6.45, 7) is 5.54. The second kappa shape index (κ2) is 5.84. The van der Waals surface area contributed by atoms with Crippen molar-refractivity contribution in [1.29, 1.82) is 0 Å². The van der Waals surface area contributed by atoms with E-state index in [0.717, 1.165) is 42.1 Å². The fraction of sp³-hybridized carbons (Fsp3) is 0.909. The van der Waals surface area contributed by atoms with Gasteiger partial charge in [-0.25, -0.2) is 0 Å². The van der Waals surface area contributed by atoms with Gasteiger partial charge in [-0.05, 0) is 80.0 Å². The highest BCUT2D eigenvalue weighted by Crippen LogP contribution is 2.70. The van der Waals surface area contributed by atoms with Gasteiger partial charge in [-0.2, -0.15) is 0 Å². The third-order valence-corrected chi connectivity index (χ3v) is 8.36. The Kier molecular flexibility index (Phi) is 3.87. The number of fused-ring (bicyclic) bond motifs is 9. The highest BCUT2D eigenvalue weighted by molar-refractivity contribution is 5.22. The summed E-state index contributed by atoms with van der Waals surface area (Å²) in [5, 5.41) is 0. The highest BCUT2D eigenvalue weighted by Gasteiger charge is 2.64. The summed E-state index contributed by atoms with van der Waals surface area (Å²) in [5.41, 5.74) is 0.397. The summed E-state index contributed by atoms with van der Waals surface area (Å²) >= 11 is 0. The molecule has 0 amide bonds. The fourth-order valence-electron chi connectivity index (χ4n) is 7.47. The van der Waals surface area contributed by atoms with Crippen molar-refractivity contribution in [2.24, 2.45) is 40.9 Å². The zero-order valence-corrected chi connectivity index (χ0v) is 15.5. The largest absolute Gasteiger partial charge is 0.352 e. The monoisotopic (exact) mass is 330 g/mol. The lowest BCUT2D eigenvalue weighted by Gasteiger charge is -2.43. The van der Waals surface area contributed by atoms with E-state index in [9.17, 15) is 0 Å². The minimum Gasteiger partial charge on any atom is -0.352 e. The van der Waals surface area contributed by atoms with E-state index in [4.69, 9.17) is 9.47 Å². The third-order valence-electron chi connectivity index (χ3n) is 8.36. The molecular formula is C22H34O2. The zero-order chi connectivity index (χ0) is 16.3. The van der Waals surface area contributed by atoms with Gasteiger partial charge < -0.3 is 9.47 Å². The summed E-state index contributed by atoms with van der Waals surface area (Å²) in [6, 6.07) is 0. The van der Waals surface area contributed by atoms with Crippen LogP contribution >= 0.6 is 0 Å². The topological polar surface area (TPSA) is 18.5 Å². The van der Waals surface area contributed by atoms with Gasteiger partial charge in [-0.1, -0.05) is 38.3 Å². The standard InChI is InChI=1S/C22H34O2/c1-14(24-18-6-4-3-5-7-18)23-13-22(2)12-17-11-19(22)21-16-9-8-15(10-16)20(17)21/h8-9,14-21H,3-7,10-13H2,1-2H3. The Hall–Kier alpha value is -0.340. The Morgan fingerprint density at radius 1 is 1.04 bits per heavy atom. The van der Waals surface area contributed by atoms with Gasteiger partial charge in [-0.15, -0.1) is 0 Å². The van der Waals surface area contributed by atoms with Crippen LogP contribution in [0.15, 0.2) is 12.2 Å². The zero-order valence-electron chi connectivity index (χ0n) is 15.5. The lowest BCUT2D eigenvalue weighted by atomic mass is 9.63. The molecule has 4 fully saturated rings. The van der Waals surface area contributed by atoms with Gasteiger partial charge in [-0.3, -0.25) is 0 Å². The molecule has 0 spiro atoms. The van der Waals surface area contributed by atoms with Crippen LogP contribution in [-0.2, 0) is 9.47 Å². The lowest BCUT2D eigenvalue weighted by molar-refractivity contribution is -0.186. The van der Waals surface area contributed by atoms with Crippen LogP contribution in [0.1, 0.15) is 65.2 Å². The van der Waals surface area contributed by atoms with Crippen LogP contribution in [0.25, 0.3) is 0 Å². The van der Waals surface area contributed by atoms with Gasteiger partial charge in [0.25, 0.3) is 0 Å². The maximum atomic E-state index is 6.27. The van der Waals surface area contributed by atoms with E-state index in [1.54, 1.807) is 0 Å². The van der Waals surface area contributed by atoms with E-state index in [1.807, 2.05) is 0 Å². The van der Waals surface area contributed by atoms with Crippen molar-refractivity contribution in [3.05, 3.63) is 12.2 Å². The molecule has 4 bridgehead atoms. The van der Waals surface area contributed by atoms with Gasteiger partial charge >= 0.3 is 0 Å². The molecule has 24 heavy (non-hydrogen) atoms. The summed E-state index contributed by atoms with van der Waals surface area (Å²) in [5.74, 6) is 5.69. The first kappa shape index (κ1) is 15.9. The summed E-state index contributed by atoms with van der Waals surface area (Å²) < 4.78 is 12.5. The van der Waals surface area contributed by atoms with Gasteiger partial charge in [0.15, 0.2) is 6.29 Å². The normalized spacial score (nSPS) is 50.6. The van der Waals surface area contributed by atoms with Crippen LogP contribution in [0.3, 0.4) is 0 Å². The van der Waals surface area contributed by atoms with Gasteiger partial charge in [0.05, 0.1) is 12.7 Å². The molecule has 4 saturated carbocycles. The van der Waals surface area contributed by atoms with E-state index >= 15 is 0 Å². The predicted octanol–water partition coefficient (Wildman–Crippen LogP) is 5.18. The molecular weight excluding hydrogens is 296 g/mol. The van der Waals surface area contributed by atoms with Crippen LogP contribution in [0.4, 0.5) is 0 Å². The quantitative estimate of drug-likeness (QED) is 0.393. The molecule has 0 heterocycles. The van der Waals surface area contributed by atoms with Gasteiger partial charge in [0.2, 0.25) is 0 Å². The Labute approximate surface area is 147 Å². The molecule has 0 aliphatic heterocycles. The first-order valence-corrected chi connectivity index (χ1v) is 10.6. The Bertz CT molecular complexity index is 508. The van der Waals surface area contributed by atoms with Gasteiger partial charge in [0, 0.05) is 0 Å². The summed E-state index contributed by atoms with van der Waals surface area (Å²) in [6.07, 6.45) is 16.3. The van der Waals surface area contributed by atoms with Crippen LogP contribution in [0.5, 0.6) is 0 Å². The molecule has 0 radical (unpaired) electrons. The molecule has 0 saturated heterocycles. The Morgan fingerprint density at radius 3 is 2.58 bits per heavy atom. The molecule has 134 valence electrons. The molecule has 8 atom stereocenters. The van der Waals surface area contributed by atoms with Crippen molar-refractivity contribution in [2.45, 2.75) is 77.6 Å². The Balaban J connectivity index is 1.18. The van der Waals surface area contributed by atoms with E-state index in [0.29, 0.717) is 11.5 Å². The van der Waals surface area contributed by atoms with Crippen molar-refractivity contribution in [3.8, 4) is 0 Å². The van der Waals surface area contributed by atoms with Crippen molar-refractivity contribution < 1.29 is 9.47 Å². The van der Waals surface area contributed by atoms with Crippen LogP contribution < -0.4 is 0 Å². The highest BCUT2D eigenvalue weighted by atomic mass is 16.7. The molecule has 5 rings (SSSR count). The SMILES string of the molecule is CC(OCC1(C)CC2CC1C1C3C=CC(C3)C21)OC1CCCCC1. The molecule has 0 aromatic rings. The molecule has 0 N–H and O–H groups in total. The molecule has 0 aromatic carbocycles. The molecule has 5 aliphatic carbocycles. The number of hydrogen-bond acceptors (Lipinski definition) is 2. The third kappa shape index (κ3) is 2.43. The van der Waals surface area contributed by atoms with Crippen molar-refractivity contribution in [1.82, 2.24) is 0 Å². The molecule has 2 heteroatoms. The minimum atomic E-state index is -0.0280. The molecule has 5 aliphatic rings. The average Bonchev–Trinajstić information content (AvgIpc) is 3.32.